The molecule has 0 aliphatic rings. The Labute approximate surface area is 169 Å². The normalized spacial score (nSPS) is 11.2. The van der Waals surface area contributed by atoms with Crippen molar-refractivity contribution in [2.24, 2.45) is 0 Å². The molecule has 2 heterocycles. The summed E-state index contributed by atoms with van der Waals surface area (Å²) in [6, 6.07) is 9.00. The Hall–Kier alpha value is -3.13. The second-order valence-electron chi connectivity index (χ2n) is 5.90. The quantitative estimate of drug-likeness (QED) is 0.537. The molecule has 150 valence electrons. The molecule has 0 radical (unpaired) electrons. The van der Waals surface area contributed by atoms with Crippen LogP contribution in [0.5, 0.6) is 11.6 Å². The van der Waals surface area contributed by atoms with Crippen molar-refractivity contribution in [2.45, 2.75) is 13.1 Å². The van der Waals surface area contributed by atoms with Gasteiger partial charge in [0.25, 0.3) is 5.91 Å². The minimum Gasteiger partial charge on any atom is -0.438 e. The number of halogens is 4. The maximum atomic E-state index is 12.8. The van der Waals surface area contributed by atoms with Gasteiger partial charge < -0.3 is 9.64 Å². The van der Waals surface area contributed by atoms with Crippen molar-refractivity contribution in [1.82, 2.24) is 9.97 Å². The van der Waals surface area contributed by atoms with Gasteiger partial charge in [-0.3, -0.25) is 9.78 Å². The molecule has 0 spiro atoms. The molecule has 0 fully saturated rings. The highest BCUT2D eigenvalue weighted by molar-refractivity contribution is 6.32. The molecular formula is C20H15ClF3N3O2. The number of rotatable bonds is 5. The lowest BCUT2D eigenvalue weighted by atomic mass is 10.2. The Balaban J connectivity index is 1.78. The molecular weight excluding hydrogens is 407 g/mol. The van der Waals surface area contributed by atoms with E-state index < -0.39 is 11.7 Å². The van der Waals surface area contributed by atoms with E-state index in [2.05, 4.69) is 9.97 Å². The fraction of sp³-hybridized carbons (Fsp3) is 0.150. The zero-order chi connectivity index (χ0) is 21.0. The van der Waals surface area contributed by atoms with Crippen LogP contribution in [0.3, 0.4) is 0 Å². The van der Waals surface area contributed by atoms with Gasteiger partial charge in [0.2, 0.25) is 5.88 Å². The lowest BCUT2D eigenvalue weighted by Crippen LogP contribution is -2.30. The van der Waals surface area contributed by atoms with Crippen molar-refractivity contribution < 1.29 is 22.7 Å². The Bertz CT molecular complexity index is 996. The second-order valence-corrected chi connectivity index (χ2v) is 6.30. The Morgan fingerprint density at radius 3 is 2.45 bits per heavy atom. The number of hydrogen-bond acceptors (Lipinski definition) is 4. The molecule has 0 saturated heterocycles. The fourth-order valence-corrected chi connectivity index (χ4v) is 2.76. The third kappa shape index (κ3) is 4.83. The van der Waals surface area contributed by atoms with Crippen molar-refractivity contribution in [3.8, 4) is 11.6 Å². The maximum Gasteiger partial charge on any atom is 0.416 e. The van der Waals surface area contributed by atoms with Gasteiger partial charge in [0.05, 0.1) is 23.0 Å². The van der Waals surface area contributed by atoms with Gasteiger partial charge in [-0.2, -0.15) is 13.2 Å². The summed E-state index contributed by atoms with van der Waals surface area (Å²) in [6.45, 7) is 2.23. The molecule has 0 unspecified atom stereocenters. The van der Waals surface area contributed by atoms with Crippen LogP contribution in [0.25, 0.3) is 0 Å². The summed E-state index contributed by atoms with van der Waals surface area (Å²) in [5.41, 5.74) is 0.0709. The molecule has 5 nitrogen and oxygen atoms in total. The van der Waals surface area contributed by atoms with Crippen LogP contribution in [0.2, 0.25) is 5.02 Å². The monoisotopic (exact) mass is 421 g/mol. The standard InChI is InChI=1S/C20H15ClF3N3O2/c1-2-27(15-4-3-9-25-12-15)19(28)13-10-17(21)18(26-11-13)29-16-7-5-14(6-8-16)20(22,23)24/h3-12H,2H2,1H3. The Kier molecular flexibility index (Phi) is 6.03. The third-order valence-electron chi connectivity index (χ3n) is 3.97. The van der Waals surface area contributed by atoms with Gasteiger partial charge in [-0.15, -0.1) is 0 Å². The zero-order valence-corrected chi connectivity index (χ0v) is 15.9. The van der Waals surface area contributed by atoms with E-state index in [1.807, 2.05) is 6.92 Å². The number of carbonyl (C=O) groups excluding carboxylic acids is 1. The number of anilines is 1. The number of hydrogen-bond donors (Lipinski definition) is 0. The van der Waals surface area contributed by atoms with Crippen LogP contribution < -0.4 is 9.64 Å². The lowest BCUT2D eigenvalue weighted by molar-refractivity contribution is -0.137. The molecule has 0 atom stereocenters. The van der Waals surface area contributed by atoms with Crippen LogP contribution in [0.15, 0.2) is 61.1 Å². The van der Waals surface area contributed by atoms with Crippen LogP contribution in [0.4, 0.5) is 18.9 Å². The average Bonchev–Trinajstić information content (AvgIpc) is 2.70. The number of nitrogens with zero attached hydrogens (tertiary/aromatic N) is 3. The second kappa shape index (κ2) is 8.48. The fourth-order valence-electron chi connectivity index (χ4n) is 2.55. The van der Waals surface area contributed by atoms with Gasteiger partial charge in [-0.05, 0) is 49.4 Å². The SMILES string of the molecule is CCN(C(=O)c1cnc(Oc2ccc(C(F)(F)F)cc2)c(Cl)c1)c1cccnc1. The third-order valence-corrected chi connectivity index (χ3v) is 4.24. The van der Waals surface area contributed by atoms with Crippen LogP contribution in [0, 0.1) is 0 Å². The van der Waals surface area contributed by atoms with E-state index in [4.69, 9.17) is 16.3 Å². The number of carbonyl (C=O) groups is 1. The first-order valence-electron chi connectivity index (χ1n) is 8.52. The van der Waals surface area contributed by atoms with Crippen molar-refractivity contribution in [3.63, 3.8) is 0 Å². The Morgan fingerprint density at radius 1 is 1.17 bits per heavy atom. The molecule has 0 aliphatic heterocycles. The van der Waals surface area contributed by atoms with E-state index in [-0.39, 0.29) is 28.1 Å². The number of pyridine rings is 2. The number of aromatic nitrogens is 2. The molecule has 1 aromatic carbocycles. The number of ether oxygens (including phenoxy) is 1. The first-order chi connectivity index (χ1) is 13.8. The number of benzene rings is 1. The van der Waals surface area contributed by atoms with Gasteiger partial charge in [0, 0.05) is 18.9 Å². The first kappa shape index (κ1) is 20.6. The number of amides is 1. The predicted octanol–water partition coefficient (Wildman–Crippen LogP) is 5.61. The average molecular weight is 422 g/mol. The topological polar surface area (TPSA) is 55.3 Å². The van der Waals surface area contributed by atoms with Gasteiger partial charge in [0.1, 0.15) is 10.8 Å². The van der Waals surface area contributed by atoms with E-state index in [0.717, 1.165) is 12.1 Å². The molecule has 0 N–H and O–H groups in total. The predicted molar refractivity (Wildman–Crippen MR) is 102 cm³/mol. The summed E-state index contributed by atoms with van der Waals surface area (Å²) in [7, 11) is 0. The molecule has 9 heteroatoms. The summed E-state index contributed by atoms with van der Waals surface area (Å²) in [4.78, 5) is 22.3. The van der Waals surface area contributed by atoms with Gasteiger partial charge in [-0.25, -0.2) is 4.98 Å². The minimum absolute atomic E-state index is 0.0209. The molecule has 0 aliphatic carbocycles. The van der Waals surface area contributed by atoms with Gasteiger partial charge >= 0.3 is 6.18 Å². The van der Waals surface area contributed by atoms with Crippen molar-refractivity contribution in [3.05, 3.63) is 77.2 Å². The van der Waals surface area contributed by atoms with E-state index in [9.17, 15) is 18.0 Å². The summed E-state index contributed by atoms with van der Waals surface area (Å²) in [5.74, 6) is -0.208. The van der Waals surface area contributed by atoms with E-state index in [1.165, 1.54) is 29.3 Å². The maximum absolute atomic E-state index is 12.8. The first-order valence-corrected chi connectivity index (χ1v) is 8.90. The highest BCUT2D eigenvalue weighted by Gasteiger charge is 2.30. The zero-order valence-electron chi connectivity index (χ0n) is 15.2. The summed E-state index contributed by atoms with van der Waals surface area (Å²) < 4.78 is 43.3. The van der Waals surface area contributed by atoms with Gasteiger partial charge in [-0.1, -0.05) is 11.6 Å². The smallest absolute Gasteiger partial charge is 0.416 e. The molecule has 3 rings (SSSR count). The van der Waals surface area contributed by atoms with Crippen LogP contribution in [-0.2, 0) is 6.18 Å². The molecule has 2 aromatic heterocycles. The Morgan fingerprint density at radius 2 is 1.90 bits per heavy atom. The van der Waals surface area contributed by atoms with E-state index in [0.29, 0.717) is 12.2 Å². The highest BCUT2D eigenvalue weighted by Crippen LogP contribution is 2.32. The van der Waals surface area contributed by atoms with Crippen LogP contribution in [0.1, 0.15) is 22.8 Å². The lowest BCUT2D eigenvalue weighted by Gasteiger charge is -2.20. The van der Waals surface area contributed by atoms with Crippen molar-refractivity contribution >= 4 is 23.2 Å². The van der Waals surface area contributed by atoms with Crippen molar-refractivity contribution in [1.29, 1.82) is 0 Å². The van der Waals surface area contributed by atoms with Gasteiger partial charge in [0.15, 0.2) is 0 Å². The minimum atomic E-state index is -4.43. The van der Waals surface area contributed by atoms with E-state index in [1.54, 1.807) is 24.5 Å². The molecule has 29 heavy (non-hydrogen) atoms. The molecule has 0 saturated carbocycles. The summed E-state index contributed by atoms with van der Waals surface area (Å²) >= 11 is 6.17. The summed E-state index contributed by atoms with van der Waals surface area (Å²) in [6.07, 6.45) is 0.0364. The summed E-state index contributed by atoms with van der Waals surface area (Å²) in [5, 5.41) is 0.0537. The van der Waals surface area contributed by atoms with Crippen molar-refractivity contribution in [2.75, 3.05) is 11.4 Å². The largest absolute Gasteiger partial charge is 0.438 e. The number of alkyl halides is 3. The molecule has 3 aromatic rings. The highest BCUT2D eigenvalue weighted by atomic mass is 35.5. The van der Waals surface area contributed by atoms with Crippen LogP contribution >= 0.6 is 11.6 Å². The molecule has 0 bridgehead atoms. The molecule has 1 amide bonds. The van der Waals surface area contributed by atoms with Crippen LogP contribution in [-0.4, -0.2) is 22.4 Å². The van der Waals surface area contributed by atoms with E-state index >= 15 is 0 Å².